The smallest absolute Gasteiger partial charge is 0.281 e. The van der Waals surface area contributed by atoms with Gasteiger partial charge in [-0.25, -0.2) is 5.43 Å². The Morgan fingerprint density at radius 1 is 0.893 bits per heavy atom. The Morgan fingerprint density at radius 2 is 1.36 bits per heavy atom. The van der Waals surface area contributed by atoms with Gasteiger partial charge in [-0.2, -0.15) is 5.10 Å². The SMILES string of the molecule is Cc1ccc(C(O)(C(=O)N/N=C\c2ccc(Cl)cc2)c2ccc(C)cc2)cc1. The fraction of sp³-hybridized carbons (Fsp3) is 0.130. The molecule has 4 nitrogen and oxygen atoms in total. The summed E-state index contributed by atoms with van der Waals surface area (Å²) in [5.74, 6) is -0.634. The van der Waals surface area contributed by atoms with E-state index < -0.39 is 11.5 Å². The molecule has 0 spiro atoms. The van der Waals surface area contributed by atoms with Crippen LogP contribution >= 0.6 is 11.6 Å². The van der Waals surface area contributed by atoms with Crippen LogP contribution in [0.2, 0.25) is 5.02 Å². The van der Waals surface area contributed by atoms with Crippen molar-refractivity contribution in [3.05, 3.63) is 106 Å². The summed E-state index contributed by atoms with van der Waals surface area (Å²) in [5.41, 5.74) is 4.40. The van der Waals surface area contributed by atoms with Gasteiger partial charge >= 0.3 is 0 Å². The quantitative estimate of drug-likeness (QED) is 0.501. The number of rotatable bonds is 5. The summed E-state index contributed by atoms with van der Waals surface area (Å²) in [6.07, 6.45) is 1.50. The van der Waals surface area contributed by atoms with E-state index in [2.05, 4.69) is 10.5 Å². The molecule has 2 N–H and O–H groups in total. The maximum absolute atomic E-state index is 13.0. The molecule has 0 saturated heterocycles. The number of nitrogens with one attached hydrogen (secondary N) is 1. The minimum Gasteiger partial charge on any atom is -0.372 e. The summed E-state index contributed by atoms with van der Waals surface area (Å²) in [6, 6.07) is 21.5. The summed E-state index contributed by atoms with van der Waals surface area (Å²) in [5, 5.41) is 16.0. The van der Waals surface area contributed by atoms with Gasteiger partial charge in [0, 0.05) is 5.02 Å². The number of halogens is 1. The largest absolute Gasteiger partial charge is 0.372 e. The first kappa shape index (κ1) is 19.8. The molecule has 0 heterocycles. The molecule has 0 bridgehead atoms. The lowest BCUT2D eigenvalue weighted by Crippen LogP contribution is -2.43. The van der Waals surface area contributed by atoms with E-state index in [1.807, 2.05) is 38.1 Å². The first-order valence-electron chi connectivity index (χ1n) is 8.85. The van der Waals surface area contributed by atoms with Crippen molar-refractivity contribution in [1.29, 1.82) is 0 Å². The van der Waals surface area contributed by atoms with Gasteiger partial charge in [-0.3, -0.25) is 4.79 Å². The van der Waals surface area contributed by atoms with Crippen LogP contribution in [-0.4, -0.2) is 17.2 Å². The second-order valence-corrected chi connectivity index (χ2v) is 7.13. The monoisotopic (exact) mass is 392 g/mol. The third-order valence-electron chi connectivity index (χ3n) is 4.52. The lowest BCUT2D eigenvalue weighted by molar-refractivity contribution is -0.136. The molecule has 142 valence electrons. The van der Waals surface area contributed by atoms with Crippen molar-refractivity contribution in [2.45, 2.75) is 19.4 Å². The van der Waals surface area contributed by atoms with Gasteiger partial charge in [-0.1, -0.05) is 83.4 Å². The van der Waals surface area contributed by atoms with E-state index in [1.165, 1.54) is 6.21 Å². The number of aliphatic hydroxyl groups is 1. The summed E-state index contributed by atoms with van der Waals surface area (Å²) in [6.45, 7) is 3.90. The van der Waals surface area contributed by atoms with Gasteiger partial charge in [0.25, 0.3) is 5.91 Å². The second-order valence-electron chi connectivity index (χ2n) is 6.69. The summed E-state index contributed by atoms with van der Waals surface area (Å²) in [4.78, 5) is 13.0. The third-order valence-corrected chi connectivity index (χ3v) is 4.77. The molecule has 28 heavy (non-hydrogen) atoms. The molecule has 0 fully saturated rings. The lowest BCUT2D eigenvalue weighted by Gasteiger charge is -2.27. The first-order chi connectivity index (χ1) is 13.4. The van der Waals surface area contributed by atoms with Crippen LogP contribution in [0.5, 0.6) is 0 Å². The Labute approximate surface area is 169 Å². The number of hydrogen-bond acceptors (Lipinski definition) is 3. The molecule has 1 amide bonds. The molecule has 0 aromatic heterocycles. The topological polar surface area (TPSA) is 61.7 Å². The van der Waals surface area contributed by atoms with Gasteiger partial charge in [-0.15, -0.1) is 0 Å². The predicted molar refractivity (Wildman–Crippen MR) is 113 cm³/mol. The van der Waals surface area contributed by atoms with Crippen LogP contribution in [0.4, 0.5) is 0 Å². The van der Waals surface area contributed by atoms with Crippen LogP contribution in [0.1, 0.15) is 27.8 Å². The first-order valence-corrected chi connectivity index (χ1v) is 9.23. The van der Waals surface area contributed by atoms with Crippen molar-refractivity contribution < 1.29 is 9.90 Å². The molecule has 3 aromatic carbocycles. The highest BCUT2D eigenvalue weighted by molar-refractivity contribution is 6.30. The number of aryl methyl sites for hydroxylation is 2. The number of amides is 1. The zero-order chi connectivity index (χ0) is 20.1. The van der Waals surface area contributed by atoms with E-state index in [9.17, 15) is 9.90 Å². The van der Waals surface area contributed by atoms with Crippen LogP contribution in [0, 0.1) is 13.8 Å². The van der Waals surface area contributed by atoms with Crippen molar-refractivity contribution in [2.24, 2.45) is 5.10 Å². The van der Waals surface area contributed by atoms with Crippen molar-refractivity contribution in [3.63, 3.8) is 0 Å². The van der Waals surface area contributed by atoms with Gasteiger partial charge < -0.3 is 5.11 Å². The van der Waals surface area contributed by atoms with E-state index in [0.717, 1.165) is 16.7 Å². The highest BCUT2D eigenvalue weighted by atomic mass is 35.5. The Hall–Kier alpha value is -2.95. The Kier molecular flexibility index (Phi) is 5.93. The normalized spacial score (nSPS) is 11.6. The molecular weight excluding hydrogens is 372 g/mol. The molecule has 0 aliphatic heterocycles. The maximum Gasteiger partial charge on any atom is 0.281 e. The number of benzene rings is 3. The van der Waals surface area contributed by atoms with Crippen molar-refractivity contribution in [3.8, 4) is 0 Å². The van der Waals surface area contributed by atoms with Crippen LogP contribution in [0.15, 0.2) is 77.9 Å². The zero-order valence-corrected chi connectivity index (χ0v) is 16.4. The highest BCUT2D eigenvalue weighted by Crippen LogP contribution is 2.30. The van der Waals surface area contributed by atoms with Crippen LogP contribution < -0.4 is 5.43 Å². The second kappa shape index (κ2) is 8.38. The Morgan fingerprint density at radius 3 is 1.82 bits per heavy atom. The van der Waals surface area contributed by atoms with Gasteiger partial charge in [0.2, 0.25) is 0 Å². The van der Waals surface area contributed by atoms with E-state index >= 15 is 0 Å². The fourth-order valence-corrected chi connectivity index (χ4v) is 2.94. The van der Waals surface area contributed by atoms with Crippen LogP contribution in [-0.2, 0) is 10.4 Å². The molecule has 0 radical (unpaired) electrons. The Balaban J connectivity index is 1.91. The molecule has 3 aromatic rings. The number of hydrazone groups is 1. The number of carbonyl (C=O) groups excluding carboxylic acids is 1. The molecule has 0 unspecified atom stereocenters. The number of nitrogens with zero attached hydrogens (tertiary/aromatic N) is 1. The fourth-order valence-electron chi connectivity index (χ4n) is 2.81. The maximum atomic E-state index is 13.0. The third kappa shape index (κ3) is 4.30. The molecular formula is C23H21ClN2O2. The minimum atomic E-state index is -1.86. The molecule has 0 saturated carbocycles. The molecule has 0 atom stereocenters. The number of hydrogen-bond donors (Lipinski definition) is 2. The minimum absolute atomic E-state index is 0.473. The zero-order valence-electron chi connectivity index (χ0n) is 15.7. The standard InChI is InChI=1S/C23H21ClN2O2/c1-16-3-9-19(10-4-16)23(28,20-11-5-17(2)6-12-20)22(27)26-25-15-18-7-13-21(24)14-8-18/h3-15,28H,1-2H3,(H,26,27)/b25-15-. The summed E-state index contributed by atoms with van der Waals surface area (Å²) < 4.78 is 0. The average molecular weight is 393 g/mol. The molecule has 0 aliphatic rings. The van der Waals surface area contributed by atoms with E-state index in [4.69, 9.17) is 11.6 Å². The molecule has 0 aliphatic carbocycles. The lowest BCUT2D eigenvalue weighted by atomic mass is 9.85. The van der Waals surface area contributed by atoms with E-state index in [0.29, 0.717) is 16.1 Å². The average Bonchev–Trinajstić information content (AvgIpc) is 2.70. The van der Waals surface area contributed by atoms with E-state index in [1.54, 1.807) is 48.5 Å². The van der Waals surface area contributed by atoms with Crippen molar-refractivity contribution >= 4 is 23.7 Å². The van der Waals surface area contributed by atoms with Crippen molar-refractivity contribution in [1.82, 2.24) is 5.43 Å². The predicted octanol–water partition coefficient (Wildman–Crippen LogP) is 4.34. The van der Waals surface area contributed by atoms with Gasteiger partial charge in [0.15, 0.2) is 5.60 Å². The summed E-state index contributed by atoms with van der Waals surface area (Å²) in [7, 11) is 0. The number of carbonyl (C=O) groups is 1. The molecule has 3 rings (SSSR count). The Bertz CT molecular complexity index is 933. The van der Waals surface area contributed by atoms with Gasteiger partial charge in [0.1, 0.15) is 0 Å². The van der Waals surface area contributed by atoms with Gasteiger partial charge in [0.05, 0.1) is 6.21 Å². The van der Waals surface area contributed by atoms with Crippen molar-refractivity contribution in [2.75, 3.05) is 0 Å². The highest BCUT2D eigenvalue weighted by Gasteiger charge is 2.40. The molecule has 5 heteroatoms. The van der Waals surface area contributed by atoms with Crippen LogP contribution in [0.3, 0.4) is 0 Å². The van der Waals surface area contributed by atoms with Gasteiger partial charge in [-0.05, 0) is 42.7 Å². The summed E-state index contributed by atoms with van der Waals surface area (Å²) >= 11 is 5.87. The van der Waals surface area contributed by atoms with Crippen LogP contribution in [0.25, 0.3) is 0 Å². The van der Waals surface area contributed by atoms with E-state index in [-0.39, 0.29) is 0 Å².